The summed E-state index contributed by atoms with van der Waals surface area (Å²) in [4.78, 5) is 7.04. The summed E-state index contributed by atoms with van der Waals surface area (Å²) in [6.45, 7) is 3.75. The van der Waals surface area contributed by atoms with Crippen molar-refractivity contribution in [2.24, 2.45) is 7.05 Å². The fraction of sp³-hybridized carbons (Fsp3) is 0.417. The second-order valence-corrected chi connectivity index (χ2v) is 6.59. The third-order valence-electron chi connectivity index (χ3n) is 3.25. The minimum atomic E-state index is -4.70. The minimum absolute atomic E-state index is 0.0165. The van der Waals surface area contributed by atoms with Crippen LogP contribution < -0.4 is 0 Å². The van der Waals surface area contributed by atoms with E-state index < -0.39 is 22.7 Å². The Morgan fingerprint density at radius 2 is 1.96 bits per heavy atom. The molecule has 1 atom stereocenters. The molecule has 3 aromatic rings. The number of hydrogen-bond donors (Lipinski definition) is 0. The number of hydrogen-bond acceptors (Lipinski definition) is 6. The molecule has 3 aromatic heterocycles. The monoisotopic (exact) mass is 359 g/mol. The van der Waals surface area contributed by atoms with Crippen LogP contribution >= 0.6 is 0 Å². The van der Waals surface area contributed by atoms with Crippen LogP contribution in [0.25, 0.3) is 5.78 Å². The van der Waals surface area contributed by atoms with Gasteiger partial charge < -0.3 is 4.57 Å². The third kappa shape index (κ3) is 2.66. The average molecular weight is 359 g/mol. The Morgan fingerprint density at radius 3 is 2.54 bits per heavy atom. The van der Waals surface area contributed by atoms with Crippen LogP contribution in [0.2, 0.25) is 0 Å². The van der Waals surface area contributed by atoms with Crippen molar-refractivity contribution in [2.75, 3.05) is 0 Å². The van der Waals surface area contributed by atoms with Crippen molar-refractivity contribution in [3.05, 3.63) is 23.9 Å². The summed E-state index contributed by atoms with van der Waals surface area (Å²) in [7, 11) is -0.438. The van der Waals surface area contributed by atoms with E-state index >= 15 is 0 Å². The van der Waals surface area contributed by atoms with Gasteiger partial charge in [-0.05, 0) is 0 Å². The first-order valence-corrected chi connectivity index (χ1v) is 7.94. The first kappa shape index (κ1) is 16.5. The van der Waals surface area contributed by atoms with E-state index in [1.807, 2.05) is 13.8 Å². The fourth-order valence-corrected chi connectivity index (χ4v) is 3.30. The van der Waals surface area contributed by atoms with E-state index in [1.165, 1.54) is 4.57 Å². The first-order valence-electron chi connectivity index (χ1n) is 6.79. The van der Waals surface area contributed by atoms with Crippen LogP contribution in [0.5, 0.6) is 0 Å². The summed E-state index contributed by atoms with van der Waals surface area (Å²) in [5, 5.41) is 11.4. The number of rotatable bonds is 3. The van der Waals surface area contributed by atoms with E-state index in [-0.39, 0.29) is 21.9 Å². The summed E-state index contributed by atoms with van der Waals surface area (Å²) in [5.41, 5.74) is -1.20. The molecule has 3 rings (SSSR count). The molecule has 0 aliphatic rings. The zero-order valence-corrected chi connectivity index (χ0v) is 13.6. The third-order valence-corrected chi connectivity index (χ3v) is 4.61. The summed E-state index contributed by atoms with van der Waals surface area (Å²) in [6, 6.07) is 0.682. The van der Waals surface area contributed by atoms with Gasteiger partial charge in [-0.3, -0.25) is 0 Å². The van der Waals surface area contributed by atoms with Gasteiger partial charge in [0.1, 0.15) is 28.0 Å². The SMILES string of the molecule is CC(C)c1nnc(S(=O)c2cc(C(F)(F)F)nc3ncnn23)n1C. The Morgan fingerprint density at radius 1 is 1.25 bits per heavy atom. The first-order chi connectivity index (χ1) is 11.2. The molecule has 0 saturated heterocycles. The Bertz CT molecular complexity index is 931. The summed E-state index contributed by atoms with van der Waals surface area (Å²) >= 11 is 0. The topological polar surface area (TPSA) is 90.9 Å². The van der Waals surface area contributed by atoms with Crippen molar-refractivity contribution in [1.29, 1.82) is 0 Å². The predicted molar refractivity (Wildman–Crippen MR) is 75.6 cm³/mol. The molecule has 8 nitrogen and oxygen atoms in total. The van der Waals surface area contributed by atoms with Crippen LogP contribution in [0.15, 0.2) is 22.6 Å². The van der Waals surface area contributed by atoms with Crippen molar-refractivity contribution in [3.63, 3.8) is 0 Å². The minimum Gasteiger partial charge on any atom is -0.307 e. The predicted octanol–water partition coefficient (Wildman–Crippen LogP) is 1.56. The van der Waals surface area contributed by atoms with Crippen molar-refractivity contribution in [1.82, 2.24) is 34.3 Å². The molecule has 12 heteroatoms. The van der Waals surface area contributed by atoms with Crippen molar-refractivity contribution >= 4 is 16.6 Å². The van der Waals surface area contributed by atoms with Crippen LogP contribution in [0.4, 0.5) is 13.2 Å². The van der Waals surface area contributed by atoms with Crippen molar-refractivity contribution in [2.45, 2.75) is 36.1 Å². The molecule has 0 N–H and O–H groups in total. The van der Waals surface area contributed by atoms with Crippen LogP contribution in [-0.2, 0) is 24.0 Å². The van der Waals surface area contributed by atoms with E-state index in [2.05, 4.69) is 25.3 Å². The average Bonchev–Trinajstić information content (AvgIpc) is 3.10. The lowest BCUT2D eigenvalue weighted by molar-refractivity contribution is -0.141. The van der Waals surface area contributed by atoms with Crippen LogP contribution in [-0.4, -0.2) is 38.6 Å². The smallest absolute Gasteiger partial charge is 0.307 e. The highest BCUT2D eigenvalue weighted by atomic mass is 32.2. The highest BCUT2D eigenvalue weighted by Gasteiger charge is 2.35. The van der Waals surface area contributed by atoms with Gasteiger partial charge in [-0.25, -0.2) is 9.19 Å². The summed E-state index contributed by atoms with van der Waals surface area (Å²) in [5.74, 6) is 0.292. The molecule has 0 saturated carbocycles. The van der Waals surface area contributed by atoms with Crippen LogP contribution in [0, 0.1) is 0 Å². The summed E-state index contributed by atoms with van der Waals surface area (Å²) in [6.07, 6.45) is -3.66. The van der Waals surface area contributed by atoms with Crippen LogP contribution in [0.1, 0.15) is 31.3 Å². The molecule has 0 fully saturated rings. The lowest BCUT2D eigenvalue weighted by atomic mass is 10.2. The number of halogens is 3. The Kier molecular flexibility index (Phi) is 3.86. The molecule has 0 bridgehead atoms. The number of nitrogens with zero attached hydrogens (tertiary/aromatic N) is 7. The fourth-order valence-electron chi connectivity index (χ4n) is 2.15. The maximum Gasteiger partial charge on any atom is 0.433 e. The Labute approximate surface area is 136 Å². The van der Waals surface area contributed by atoms with Gasteiger partial charge in [0, 0.05) is 19.0 Å². The molecule has 0 aliphatic carbocycles. The molecule has 24 heavy (non-hydrogen) atoms. The van der Waals surface area contributed by atoms with Crippen molar-refractivity contribution < 1.29 is 17.4 Å². The highest BCUT2D eigenvalue weighted by Crippen LogP contribution is 2.30. The second kappa shape index (κ2) is 5.61. The quantitative estimate of drug-likeness (QED) is 0.659. The van der Waals surface area contributed by atoms with E-state index in [1.54, 1.807) is 7.05 Å². The molecular formula is C12H12F3N7OS. The van der Waals surface area contributed by atoms with Crippen molar-refractivity contribution in [3.8, 4) is 0 Å². The maximum atomic E-state index is 13.0. The van der Waals surface area contributed by atoms with E-state index in [9.17, 15) is 17.4 Å². The number of fused-ring (bicyclic) bond motifs is 1. The van der Waals surface area contributed by atoms with Gasteiger partial charge in [-0.2, -0.15) is 27.8 Å². The largest absolute Gasteiger partial charge is 0.433 e. The number of alkyl halides is 3. The molecular weight excluding hydrogens is 347 g/mol. The maximum absolute atomic E-state index is 13.0. The molecule has 0 spiro atoms. The Hall–Kier alpha value is -2.37. The highest BCUT2D eigenvalue weighted by molar-refractivity contribution is 7.84. The zero-order chi connectivity index (χ0) is 17.6. The van der Waals surface area contributed by atoms with Gasteiger partial charge in [0.25, 0.3) is 5.78 Å². The molecule has 3 heterocycles. The van der Waals surface area contributed by atoms with Crippen LogP contribution in [0.3, 0.4) is 0 Å². The second-order valence-electron chi connectivity index (χ2n) is 5.27. The summed E-state index contributed by atoms with van der Waals surface area (Å²) < 4.78 is 54.3. The lowest BCUT2D eigenvalue weighted by Gasteiger charge is -2.09. The zero-order valence-electron chi connectivity index (χ0n) is 12.8. The molecule has 1 unspecified atom stereocenters. The van der Waals surface area contributed by atoms with Gasteiger partial charge in [-0.1, -0.05) is 13.8 Å². The molecule has 0 radical (unpaired) electrons. The standard InChI is InChI=1S/C12H12F3N7OS/c1-6(2)9-19-20-11(21(9)3)24(23)8-4-7(12(13,14)15)18-10-16-5-17-22(8)10/h4-6H,1-3H3. The molecule has 0 aliphatic heterocycles. The van der Waals surface area contributed by atoms with E-state index in [0.717, 1.165) is 10.8 Å². The van der Waals surface area contributed by atoms with Gasteiger partial charge in [0.2, 0.25) is 5.16 Å². The van der Waals surface area contributed by atoms with Gasteiger partial charge >= 0.3 is 6.18 Å². The normalized spacial score (nSPS) is 13.8. The Balaban J connectivity index is 2.18. The van der Waals surface area contributed by atoms with Gasteiger partial charge in [-0.15, -0.1) is 10.2 Å². The van der Waals surface area contributed by atoms with E-state index in [4.69, 9.17) is 0 Å². The van der Waals surface area contributed by atoms with E-state index in [0.29, 0.717) is 11.9 Å². The molecule has 0 aromatic carbocycles. The number of aromatic nitrogens is 7. The molecule has 0 amide bonds. The van der Waals surface area contributed by atoms with Gasteiger partial charge in [0.15, 0.2) is 5.69 Å². The van der Waals surface area contributed by atoms with Gasteiger partial charge in [0.05, 0.1) is 0 Å². The lowest BCUT2D eigenvalue weighted by Crippen LogP contribution is -2.14. The molecule has 128 valence electrons.